The Bertz CT molecular complexity index is 1700. The Morgan fingerprint density at radius 1 is 0.514 bits per heavy atom. The maximum Gasteiger partial charge on any atom is 0.160 e. The van der Waals surface area contributed by atoms with Gasteiger partial charge >= 0.3 is 0 Å². The molecule has 0 N–H and O–H groups in total. The minimum absolute atomic E-state index is 0.729. The van der Waals surface area contributed by atoms with Gasteiger partial charge in [0.25, 0.3) is 0 Å². The zero-order valence-corrected chi connectivity index (χ0v) is 19.0. The van der Waals surface area contributed by atoms with Gasteiger partial charge in [-0.15, -0.1) is 0 Å². The van der Waals surface area contributed by atoms with Crippen LogP contribution in [0.15, 0.2) is 115 Å². The molecule has 0 spiro atoms. The molecule has 0 aliphatic heterocycles. The Balaban J connectivity index is 1.31. The van der Waals surface area contributed by atoms with Gasteiger partial charge in [0.15, 0.2) is 5.82 Å². The smallest absolute Gasteiger partial charge is 0.160 e. The number of hydrogen-bond donors (Lipinski definition) is 0. The van der Waals surface area contributed by atoms with Crippen LogP contribution in [-0.4, -0.2) is 15.0 Å². The zero-order valence-electron chi connectivity index (χ0n) is 19.0. The summed E-state index contributed by atoms with van der Waals surface area (Å²) in [6.07, 6.45) is 2.84. The van der Waals surface area contributed by atoms with Crippen LogP contribution in [-0.2, 0) is 6.42 Å². The third-order valence-corrected chi connectivity index (χ3v) is 6.80. The van der Waals surface area contributed by atoms with Crippen molar-refractivity contribution < 1.29 is 0 Å². The average Bonchev–Trinajstić information content (AvgIpc) is 3.32. The summed E-state index contributed by atoms with van der Waals surface area (Å²) in [5.41, 5.74) is 11.4. The lowest BCUT2D eigenvalue weighted by Crippen LogP contribution is -1.96. The maximum absolute atomic E-state index is 5.00. The molecule has 2 heterocycles. The molecule has 0 radical (unpaired) electrons. The van der Waals surface area contributed by atoms with Crippen molar-refractivity contribution in [1.29, 1.82) is 0 Å². The third kappa shape index (κ3) is 3.32. The maximum atomic E-state index is 5.00. The van der Waals surface area contributed by atoms with Crippen LogP contribution in [0, 0.1) is 0 Å². The van der Waals surface area contributed by atoms with Gasteiger partial charge in [-0.1, -0.05) is 97.1 Å². The van der Waals surface area contributed by atoms with E-state index in [-0.39, 0.29) is 0 Å². The number of para-hydroxylation sites is 1. The van der Waals surface area contributed by atoms with Crippen LogP contribution < -0.4 is 0 Å². The van der Waals surface area contributed by atoms with Crippen LogP contribution >= 0.6 is 0 Å². The summed E-state index contributed by atoms with van der Waals surface area (Å²) in [6, 6.07) is 37.8. The van der Waals surface area contributed by atoms with Gasteiger partial charge in [-0.25, -0.2) is 9.97 Å². The highest BCUT2D eigenvalue weighted by Gasteiger charge is 2.22. The molecule has 35 heavy (non-hydrogen) atoms. The third-order valence-electron chi connectivity index (χ3n) is 6.80. The molecule has 7 rings (SSSR count). The van der Waals surface area contributed by atoms with Gasteiger partial charge in [0.1, 0.15) is 0 Å². The highest BCUT2D eigenvalue weighted by atomic mass is 14.9. The van der Waals surface area contributed by atoms with E-state index in [1.54, 1.807) is 0 Å². The lowest BCUT2D eigenvalue weighted by atomic mass is 10.00. The fourth-order valence-electron chi connectivity index (χ4n) is 5.10. The molecule has 2 aromatic heterocycles. The van der Waals surface area contributed by atoms with Crippen LogP contribution in [0.1, 0.15) is 11.1 Å². The van der Waals surface area contributed by atoms with Crippen molar-refractivity contribution in [1.82, 2.24) is 15.0 Å². The van der Waals surface area contributed by atoms with Crippen molar-refractivity contribution in [3.05, 3.63) is 127 Å². The normalized spacial score (nSPS) is 11.9. The molecule has 3 heteroatoms. The summed E-state index contributed by atoms with van der Waals surface area (Å²) in [4.78, 5) is 14.7. The Morgan fingerprint density at radius 3 is 2.11 bits per heavy atom. The predicted octanol–water partition coefficient (Wildman–Crippen LogP) is 7.60. The molecule has 0 unspecified atom stereocenters. The summed E-state index contributed by atoms with van der Waals surface area (Å²) in [5.74, 6) is 0.729. The van der Waals surface area contributed by atoms with E-state index < -0.39 is 0 Å². The second-order valence-corrected chi connectivity index (χ2v) is 8.88. The van der Waals surface area contributed by atoms with Crippen molar-refractivity contribution in [3.63, 3.8) is 0 Å². The van der Waals surface area contributed by atoms with E-state index in [0.717, 1.165) is 51.2 Å². The van der Waals surface area contributed by atoms with Crippen molar-refractivity contribution in [2.24, 2.45) is 0 Å². The molecule has 4 aromatic carbocycles. The van der Waals surface area contributed by atoms with Crippen molar-refractivity contribution in [2.75, 3.05) is 0 Å². The fourth-order valence-corrected chi connectivity index (χ4v) is 5.10. The predicted molar refractivity (Wildman–Crippen MR) is 142 cm³/mol. The number of fused-ring (bicyclic) bond motifs is 4. The molecule has 3 nitrogen and oxygen atoms in total. The van der Waals surface area contributed by atoms with Crippen LogP contribution in [0.25, 0.3) is 55.9 Å². The monoisotopic (exact) mass is 447 g/mol. The van der Waals surface area contributed by atoms with Gasteiger partial charge in [-0.05, 0) is 34.4 Å². The molecule has 6 aromatic rings. The highest BCUT2D eigenvalue weighted by Crippen LogP contribution is 2.40. The number of aromatic nitrogens is 3. The molecule has 0 saturated heterocycles. The first-order chi connectivity index (χ1) is 17.3. The average molecular weight is 448 g/mol. The molecule has 0 amide bonds. The number of benzene rings is 4. The largest absolute Gasteiger partial charge is 0.256 e. The molecule has 0 fully saturated rings. The minimum Gasteiger partial charge on any atom is -0.256 e. The molecular formula is C32H21N3. The first-order valence-electron chi connectivity index (χ1n) is 11.8. The minimum atomic E-state index is 0.729. The standard InChI is InChI=1S/C32H21N3/c1-2-8-21(9-3-1)31-27-12-6-7-13-29(27)34-32(35-31)23-16-14-22(15-17-23)30-28-20-24-10-4-5-11-25(24)26(28)18-19-33-30/h1-19H,20H2. The molecule has 1 aliphatic rings. The van der Waals surface area contributed by atoms with E-state index in [0.29, 0.717) is 0 Å². The van der Waals surface area contributed by atoms with Gasteiger partial charge in [0, 0.05) is 34.7 Å². The number of hydrogen-bond acceptors (Lipinski definition) is 3. The highest BCUT2D eigenvalue weighted by molar-refractivity contribution is 5.93. The summed E-state index contributed by atoms with van der Waals surface area (Å²) in [5, 5.41) is 1.06. The van der Waals surface area contributed by atoms with Crippen molar-refractivity contribution in [2.45, 2.75) is 6.42 Å². The summed E-state index contributed by atoms with van der Waals surface area (Å²) in [6.45, 7) is 0. The molecular weight excluding hydrogens is 426 g/mol. The Labute approximate surface area is 203 Å². The lowest BCUT2D eigenvalue weighted by Gasteiger charge is -2.11. The molecule has 0 bridgehead atoms. The SMILES string of the molecule is c1ccc(-c2nc(-c3ccc(-c4nccc5c4Cc4ccccc4-5)cc3)nc3ccccc23)cc1. The molecule has 1 aliphatic carbocycles. The first kappa shape index (κ1) is 19.8. The number of pyridine rings is 1. The van der Waals surface area contributed by atoms with E-state index in [1.807, 2.05) is 36.5 Å². The molecule has 164 valence electrons. The Kier molecular flexibility index (Phi) is 4.52. The van der Waals surface area contributed by atoms with Gasteiger partial charge in [0.2, 0.25) is 0 Å². The number of rotatable bonds is 3. The fraction of sp³-hybridized carbons (Fsp3) is 0.0312. The van der Waals surface area contributed by atoms with Crippen molar-refractivity contribution >= 4 is 10.9 Å². The quantitative estimate of drug-likeness (QED) is 0.280. The lowest BCUT2D eigenvalue weighted by molar-refractivity contribution is 1.20. The van der Waals surface area contributed by atoms with E-state index in [1.165, 1.54) is 22.3 Å². The zero-order chi connectivity index (χ0) is 23.2. The second-order valence-electron chi connectivity index (χ2n) is 8.88. The summed E-state index contributed by atoms with van der Waals surface area (Å²) < 4.78 is 0. The second kappa shape index (κ2) is 8.00. The first-order valence-corrected chi connectivity index (χ1v) is 11.8. The summed E-state index contributed by atoms with van der Waals surface area (Å²) >= 11 is 0. The Hall–Kier alpha value is -4.63. The van der Waals surface area contributed by atoms with Crippen molar-refractivity contribution in [3.8, 4) is 45.0 Å². The van der Waals surface area contributed by atoms with Gasteiger partial charge in [-0.2, -0.15) is 0 Å². The summed E-state index contributed by atoms with van der Waals surface area (Å²) in [7, 11) is 0. The topological polar surface area (TPSA) is 38.7 Å². The van der Waals surface area contributed by atoms with Gasteiger partial charge in [-0.3, -0.25) is 4.98 Å². The van der Waals surface area contributed by atoms with Gasteiger partial charge < -0.3 is 0 Å². The van der Waals surface area contributed by atoms with Gasteiger partial charge in [0.05, 0.1) is 16.9 Å². The van der Waals surface area contributed by atoms with E-state index in [9.17, 15) is 0 Å². The molecule has 0 saturated carbocycles. The van der Waals surface area contributed by atoms with E-state index in [4.69, 9.17) is 15.0 Å². The van der Waals surface area contributed by atoms with E-state index in [2.05, 4.69) is 78.9 Å². The Morgan fingerprint density at radius 2 is 1.23 bits per heavy atom. The molecule has 0 atom stereocenters. The van der Waals surface area contributed by atoms with Crippen LogP contribution in [0.5, 0.6) is 0 Å². The van der Waals surface area contributed by atoms with Crippen LogP contribution in [0.3, 0.4) is 0 Å². The number of nitrogens with zero attached hydrogens (tertiary/aromatic N) is 3. The van der Waals surface area contributed by atoms with E-state index >= 15 is 0 Å². The van der Waals surface area contributed by atoms with Crippen LogP contribution in [0.4, 0.5) is 0 Å². The van der Waals surface area contributed by atoms with Crippen LogP contribution in [0.2, 0.25) is 0 Å².